The number of rotatable bonds is 11. The number of amides is 3. The average Bonchev–Trinajstić information content (AvgIpc) is 2.65. The molecule has 10 heteroatoms. The van der Waals surface area contributed by atoms with Crippen LogP contribution in [0.5, 0.6) is 5.75 Å². The first-order chi connectivity index (χ1) is 13.5. The first-order valence-corrected chi connectivity index (χ1v) is 9.20. The SMILES string of the molecule is CC[C@H](C)[C@H](NC(=O)[C@@H](N)Cc1ccc(O)cc1)C(=O)N[C@@H](CC(N)=O)C(=O)O. The first kappa shape index (κ1) is 23.9. The lowest BCUT2D eigenvalue weighted by Crippen LogP contribution is -2.57. The number of primary amides is 1. The molecule has 0 aliphatic carbocycles. The summed E-state index contributed by atoms with van der Waals surface area (Å²) in [6, 6.07) is 2.72. The second-order valence-electron chi connectivity index (χ2n) is 6.92. The summed E-state index contributed by atoms with van der Waals surface area (Å²) in [5, 5.41) is 23.3. The zero-order valence-corrected chi connectivity index (χ0v) is 16.4. The highest BCUT2D eigenvalue weighted by molar-refractivity contribution is 5.93. The Morgan fingerprint density at radius 1 is 1.07 bits per heavy atom. The number of carbonyl (C=O) groups excluding carboxylic acids is 3. The van der Waals surface area contributed by atoms with Gasteiger partial charge in [0.25, 0.3) is 0 Å². The highest BCUT2D eigenvalue weighted by Gasteiger charge is 2.31. The summed E-state index contributed by atoms with van der Waals surface area (Å²) in [7, 11) is 0. The van der Waals surface area contributed by atoms with Gasteiger partial charge in [0.15, 0.2) is 0 Å². The lowest BCUT2D eigenvalue weighted by atomic mass is 9.96. The van der Waals surface area contributed by atoms with E-state index in [0.29, 0.717) is 6.42 Å². The number of phenolic OH excluding ortho intramolecular Hbond substituents is 1. The van der Waals surface area contributed by atoms with Crippen LogP contribution >= 0.6 is 0 Å². The molecule has 0 aromatic heterocycles. The predicted octanol–water partition coefficient (Wildman–Crippen LogP) is -0.762. The fourth-order valence-electron chi connectivity index (χ4n) is 2.60. The molecule has 3 amide bonds. The van der Waals surface area contributed by atoms with E-state index in [1.807, 2.05) is 6.92 Å². The van der Waals surface area contributed by atoms with Gasteiger partial charge in [-0.15, -0.1) is 0 Å². The summed E-state index contributed by atoms with van der Waals surface area (Å²) in [5.41, 5.74) is 11.7. The number of aliphatic carboxylic acids is 1. The minimum absolute atomic E-state index is 0.0872. The van der Waals surface area contributed by atoms with Crippen LogP contribution in [0, 0.1) is 5.92 Å². The fraction of sp³-hybridized carbons (Fsp3) is 0.474. The monoisotopic (exact) mass is 408 g/mol. The van der Waals surface area contributed by atoms with Gasteiger partial charge >= 0.3 is 5.97 Å². The number of benzene rings is 1. The van der Waals surface area contributed by atoms with Gasteiger partial charge in [0.05, 0.1) is 12.5 Å². The molecule has 0 unspecified atom stereocenters. The molecule has 8 N–H and O–H groups in total. The maximum Gasteiger partial charge on any atom is 0.326 e. The zero-order chi connectivity index (χ0) is 22.1. The smallest absolute Gasteiger partial charge is 0.326 e. The fourth-order valence-corrected chi connectivity index (χ4v) is 2.60. The standard InChI is InChI=1S/C19H28N4O6/c1-3-10(2)16(18(27)22-14(19(28)29)9-15(21)25)23-17(26)13(20)8-11-4-6-12(24)7-5-11/h4-7,10,13-14,16,24H,3,8-9,20H2,1-2H3,(H2,21,25)(H,22,27)(H,23,26)(H,28,29)/t10-,13-,14-,16-/m0/s1. The second kappa shape index (κ2) is 11.0. The normalized spacial score (nSPS) is 14.9. The Balaban J connectivity index is 2.84. The van der Waals surface area contributed by atoms with Crippen molar-refractivity contribution in [3.8, 4) is 5.75 Å². The van der Waals surface area contributed by atoms with Crippen molar-refractivity contribution in [3.05, 3.63) is 29.8 Å². The van der Waals surface area contributed by atoms with Crippen molar-refractivity contribution in [2.45, 2.75) is 51.2 Å². The van der Waals surface area contributed by atoms with Crippen LogP contribution in [0.1, 0.15) is 32.3 Å². The van der Waals surface area contributed by atoms with E-state index in [9.17, 15) is 24.3 Å². The van der Waals surface area contributed by atoms with Crippen LogP contribution in [0.15, 0.2) is 24.3 Å². The number of carboxylic acid groups (broad SMARTS) is 1. The summed E-state index contributed by atoms with van der Waals surface area (Å²) >= 11 is 0. The molecular formula is C19H28N4O6. The third-order valence-corrected chi connectivity index (χ3v) is 4.54. The Hall–Kier alpha value is -3.14. The first-order valence-electron chi connectivity index (χ1n) is 9.20. The number of phenols is 1. The van der Waals surface area contributed by atoms with E-state index in [1.54, 1.807) is 19.1 Å². The molecule has 1 aromatic rings. The molecule has 4 atom stereocenters. The highest BCUT2D eigenvalue weighted by Crippen LogP contribution is 2.12. The quantitative estimate of drug-likeness (QED) is 0.278. The molecule has 0 fully saturated rings. The lowest BCUT2D eigenvalue weighted by Gasteiger charge is -2.26. The van der Waals surface area contributed by atoms with Crippen molar-refractivity contribution in [2.75, 3.05) is 0 Å². The van der Waals surface area contributed by atoms with E-state index >= 15 is 0 Å². The van der Waals surface area contributed by atoms with Crippen molar-refractivity contribution in [2.24, 2.45) is 17.4 Å². The minimum atomic E-state index is -1.49. The van der Waals surface area contributed by atoms with Gasteiger partial charge in [-0.2, -0.15) is 0 Å². The Bertz CT molecular complexity index is 737. The van der Waals surface area contributed by atoms with Crippen LogP contribution in [0.4, 0.5) is 0 Å². The van der Waals surface area contributed by atoms with Crippen LogP contribution in [0.25, 0.3) is 0 Å². The van der Waals surface area contributed by atoms with E-state index in [2.05, 4.69) is 10.6 Å². The molecule has 1 aromatic carbocycles. The van der Waals surface area contributed by atoms with Crippen LogP contribution in [0.3, 0.4) is 0 Å². The van der Waals surface area contributed by atoms with Crippen molar-refractivity contribution in [3.63, 3.8) is 0 Å². The zero-order valence-electron chi connectivity index (χ0n) is 16.4. The summed E-state index contributed by atoms with van der Waals surface area (Å²) < 4.78 is 0. The Morgan fingerprint density at radius 2 is 1.66 bits per heavy atom. The topological polar surface area (TPSA) is 185 Å². The molecule has 0 radical (unpaired) electrons. The van der Waals surface area contributed by atoms with Gasteiger partial charge in [-0.25, -0.2) is 4.79 Å². The molecule has 0 heterocycles. The van der Waals surface area contributed by atoms with Gasteiger partial charge < -0.3 is 32.3 Å². The largest absolute Gasteiger partial charge is 0.508 e. The molecule has 0 aliphatic rings. The molecule has 1 rings (SSSR count). The molecule has 0 spiro atoms. The number of nitrogens with two attached hydrogens (primary N) is 2. The van der Waals surface area contributed by atoms with Crippen molar-refractivity contribution in [1.82, 2.24) is 10.6 Å². The molecule has 160 valence electrons. The molecular weight excluding hydrogens is 380 g/mol. The summed E-state index contributed by atoms with van der Waals surface area (Å²) in [6.45, 7) is 3.53. The van der Waals surface area contributed by atoms with Gasteiger partial charge in [-0.1, -0.05) is 32.4 Å². The molecule has 0 aliphatic heterocycles. The van der Waals surface area contributed by atoms with Gasteiger partial charge in [-0.05, 0) is 30.0 Å². The van der Waals surface area contributed by atoms with Crippen molar-refractivity contribution < 1.29 is 29.4 Å². The van der Waals surface area contributed by atoms with Gasteiger partial charge in [0, 0.05) is 0 Å². The van der Waals surface area contributed by atoms with E-state index in [-0.39, 0.29) is 18.1 Å². The third-order valence-electron chi connectivity index (χ3n) is 4.54. The second-order valence-corrected chi connectivity index (χ2v) is 6.92. The van der Waals surface area contributed by atoms with Gasteiger partial charge in [-0.3, -0.25) is 14.4 Å². The maximum atomic E-state index is 12.6. The Morgan fingerprint density at radius 3 is 2.14 bits per heavy atom. The third kappa shape index (κ3) is 7.78. The molecule has 29 heavy (non-hydrogen) atoms. The van der Waals surface area contributed by atoms with Crippen LogP contribution in [-0.2, 0) is 25.6 Å². The van der Waals surface area contributed by atoms with E-state index in [1.165, 1.54) is 12.1 Å². The minimum Gasteiger partial charge on any atom is -0.508 e. The van der Waals surface area contributed by atoms with Crippen molar-refractivity contribution >= 4 is 23.7 Å². The molecule has 0 saturated carbocycles. The van der Waals surface area contributed by atoms with Gasteiger partial charge in [0.2, 0.25) is 17.7 Å². The predicted molar refractivity (Wildman–Crippen MR) is 105 cm³/mol. The summed E-state index contributed by atoms with van der Waals surface area (Å²) in [5.74, 6) is -3.83. The molecule has 0 bridgehead atoms. The summed E-state index contributed by atoms with van der Waals surface area (Å²) in [6.07, 6.45) is 0.141. The number of carboxylic acids is 1. The number of carbonyl (C=O) groups is 4. The van der Waals surface area contributed by atoms with Crippen LogP contribution in [-0.4, -0.2) is 52.0 Å². The van der Waals surface area contributed by atoms with E-state index in [0.717, 1.165) is 5.56 Å². The number of nitrogens with one attached hydrogen (secondary N) is 2. The summed E-state index contributed by atoms with van der Waals surface area (Å²) in [4.78, 5) is 47.3. The number of hydrogen-bond donors (Lipinski definition) is 6. The van der Waals surface area contributed by atoms with Crippen molar-refractivity contribution in [1.29, 1.82) is 0 Å². The number of aromatic hydroxyl groups is 1. The van der Waals surface area contributed by atoms with E-state index in [4.69, 9.17) is 16.6 Å². The van der Waals surface area contributed by atoms with E-state index < -0.39 is 48.2 Å². The maximum absolute atomic E-state index is 12.6. The van der Waals surface area contributed by atoms with Gasteiger partial charge in [0.1, 0.15) is 17.8 Å². The van der Waals surface area contributed by atoms with Crippen LogP contribution < -0.4 is 22.1 Å². The Labute approximate surface area is 168 Å². The average molecular weight is 408 g/mol. The molecule has 0 saturated heterocycles. The lowest BCUT2D eigenvalue weighted by molar-refractivity contribution is -0.144. The highest BCUT2D eigenvalue weighted by atomic mass is 16.4. The number of hydrogen-bond acceptors (Lipinski definition) is 6. The molecule has 10 nitrogen and oxygen atoms in total. The van der Waals surface area contributed by atoms with Crippen LogP contribution in [0.2, 0.25) is 0 Å². The Kier molecular flexibility index (Phi) is 9.07.